The molecule has 2 bridgehead atoms. The molecule has 3 aromatic rings. The van der Waals surface area contributed by atoms with Crippen molar-refractivity contribution in [2.24, 2.45) is 5.92 Å². The molecular formula is C26H25NO. The number of carbonyl (C=O) groups is 1. The van der Waals surface area contributed by atoms with E-state index >= 15 is 0 Å². The molecule has 3 aromatic carbocycles. The number of piperidine rings is 1. The maximum absolute atomic E-state index is 13.7. The largest absolute Gasteiger partial charge is 0.301 e. The van der Waals surface area contributed by atoms with Crippen molar-refractivity contribution in [3.8, 4) is 0 Å². The second-order valence-corrected chi connectivity index (χ2v) is 8.22. The van der Waals surface area contributed by atoms with E-state index in [0.29, 0.717) is 5.78 Å². The van der Waals surface area contributed by atoms with Crippen molar-refractivity contribution in [2.45, 2.75) is 38.3 Å². The van der Waals surface area contributed by atoms with E-state index in [1.165, 1.54) is 33.4 Å². The van der Waals surface area contributed by atoms with Crippen LogP contribution in [0.1, 0.15) is 51.4 Å². The summed E-state index contributed by atoms with van der Waals surface area (Å²) in [5, 5.41) is 3.92. The van der Waals surface area contributed by atoms with Gasteiger partial charge in [-0.25, -0.2) is 0 Å². The Labute approximate surface area is 166 Å². The van der Waals surface area contributed by atoms with Gasteiger partial charge in [0.2, 0.25) is 0 Å². The molecular weight excluding hydrogens is 342 g/mol. The molecule has 1 N–H and O–H groups in total. The van der Waals surface area contributed by atoms with Gasteiger partial charge in [0.1, 0.15) is 5.78 Å². The van der Waals surface area contributed by atoms with Crippen molar-refractivity contribution in [3.63, 3.8) is 0 Å². The molecule has 5 rings (SSSR count). The molecule has 4 atom stereocenters. The summed E-state index contributed by atoms with van der Waals surface area (Å²) in [6, 6.07) is 25.5. The maximum Gasteiger partial charge on any atom is 0.147 e. The summed E-state index contributed by atoms with van der Waals surface area (Å²) in [5.41, 5.74) is 7.49. The lowest BCUT2D eigenvalue weighted by atomic mass is 9.64. The number of rotatable bonds is 2. The molecule has 4 unspecified atom stereocenters. The fourth-order valence-corrected chi connectivity index (χ4v) is 5.22. The Morgan fingerprint density at radius 1 is 0.714 bits per heavy atom. The van der Waals surface area contributed by atoms with E-state index in [9.17, 15) is 4.79 Å². The Kier molecular flexibility index (Phi) is 4.17. The SMILES string of the molecule is Cc1ccccc1C1NC(c2ccccc2C)C2C(=O)C1Cc1ccccc12. The molecule has 0 radical (unpaired) electrons. The summed E-state index contributed by atoms with van der Waals surface area (Å²) in [7, 11) is 0. The summed E-state index contributed by atoms with van der Waals surface area (Å²) in [5.74, 6) is 0.261. The highest BCUT2D eigenvalue weighted by Crippen LogP contribution is 2.49. The Balaban J connectivity index is 1.70. The molecule has 1 aliphatic carbocycles. The van der Waals surface area contributed by atoms with Crippen LogP contribution in [0.2, 0.25) is 0 Å². The normalized spacial score (nSPS) is 26.0. The lowest BCUT2D eigenvalue weighted by Gasteiger charge is -2.46. The van der Waals surface area contributed by atoms with E-state index in [2.05, 4.69) is 92.0 Å². The Bertz CT molecular complexity index is 1050. The Hall–Kier alpha value is -2.71. The number of hydrogen-bond acceptors (Lipinski definition) is 2. The van der Waals surface area contributed by atoms with Crippen molar-refractivity contribution in [1.82, 2.24) is 5.32 Å². The lowest BCUT2D eigenvalue weighted by molar-refractivity contribution is -0.129. The van der Waals surface area contributed by atoms with E-state index in [1.54, 1.807) is 0 Å². The quantitative estimate of drug-likeness (QED) is 0.673. The average Bonchev–Trinajstić information content (AvgIpc) is 2.70. The highest BCUT2D eigenvalue weighted by molar-refractivity contribution is 5.93. The molecule has 140 valence electrons. The summed E-state index contributed by atoms with van der Waals surface area (Å²) in [6.45, 7) is 4.29. The van der Waals surface area contributed by atoms with Gasteiger partial charge in [-0.1, -0.05) is 72.8 Å². The van der Waals surface area contributed by atoms with Gasteiger partial charge >= 0.3 is 0 Å². The van der Waals surface area contributed by atoms with Crippen LogP contribution >= 0.6 is 0 Å². The van der Waals surface area contributed by atoms with Crippen LogP contribution in [0.3, 0.4) is 0 Å². The van der Waals surface area contributed by atoms with E-state index in [1.807, 2.05) is 0 Å². The molecule has 2 heteroatoms. The third-order valence-corrected chi connectivity index (χ3v) is 6.64. The second kappa shape index (κ2) is 6.72. The van der Waals surface area contributed by atoms with Crippen molar-refractivity contribution in [3.05, 3.63) is 106 Å². The molecule has 2 nitrogen and oxygen atoms in total. The fraction of sp³-hybridized carbons (Fsp3) is 0.269. The van der Waals surface area contributed by atoms with E-state index in [-0.39, 0.29) is 23.9 Å². The molecule has 1 heterocycles. The van der Waals surface area contributed by atoms with Gasteiger partial charge in [0.25, 0.3) is 0 Å². The predicted molar refractivity (Wildman–Crippen MR) is 112 cm³/mol. The average molecular weight is 367 g/mol. The molecule has 0 saturated carbocycles. The molecule has 28 heavy (non-hydrogen) atoms. The summed E-state index contributed by atoms with van der Waals surface area (Å²) in [4.78, 5) is 13.7. The number of nitrogens with one attached hydrogen (secondary N) is 1. The number of aryl methyl sites for hydroxylation is 2. The van der Waals surface area contributed by atoms with Gasteiger partial charge in [0.05, 0.1) is 5.92 Å². The highest BCUT2D eigenvalue weighted by Gasteiger charge is 2.49. The topological polar surface area (TPSA) is 29.1 Å². The second-order valence-electron chi connectivity index (χ2n) is 8.22. The molecule has 1 saturated heterocycles. The number of fused-ring (bicyclic) bond motifs is 4. The van der Waals surface area contributed by atoms with Crippen LogP contribution in [-0.2, 0) is 11.2 Å². The zero-order valence-electron chi connectivity index (χ0n) is 16.4. The van der Waals surface area contributed by atoms with Crippen molar-refractivity contribution >= 4 is 5.78 Å². The van der Waals surface area contributed by atoms with Crippen LogP contribution in [0, 0.1) is 19.8 Å². The van der Waals surface area contributed by atoms with E-state index < -0.39 is 0 Å². The summed E-state index contributed by atoms with van der Waals surface area (Å²) < 4.78 is 0. The van der Waals surface area contributed by atoms with Gasteiger partial charge < -0.3 is 5.32 Å². The predicted octanol–water partition coefficient (Wildman–Crippen LogP) is 5.21. The monoisotopic (exact) mass is 367 g/mol. The third kappa shape index (κ3) is 2.63. The molecule has 2 aliphatic rings. The Morgan fingerprint density at radius 2 is 1.25 bits per heavy atom. The molecule has 0 amide bonds. The zero-order valence-corrected chi connectivity index (χ0v) is 16.4. The molecule has 1 aliphatic heterocycles. The van der Waals surface area contributed by atoms with Gasteiger partial charge in [-0.05, 0) is 53.6 Å². The number of Topliss-reactive ketones (excluding diaryl/α,β-unsaturated/α-hetero) is 1. The number of ketones is 1. The van der Waals surface area contributed by atoms with Crippen LogP contribution in [0.15, 0.2) is 72.8 Å². The number of hydrogen-bond donors (Lipinski definition) is 1. The van der Waals surface area contributed by atoms with Crippen LogP contribution in [0.25, 0.3) is 0 Å². The summed E-state index contributed by atoms with van der Waals surface area (Å²) in [6.07, 6.45) is 0.817. The first-order valence-electron chi connectivity index (χ1n) is 10.1. The highest BCUT2D eigenvalue weighted by atomic mass is 16.1. The molecule has 0 aromatic heterocycles. The number of benzene rings is 3. The molecule has 0 spiro atoms. The minimum Gasteiger partial charge on any atom is -0.301 e. The van der Waals surface area contributed by atoms with Crippen LogP contribution < -0.4 is 5.32 Å². The first kappa shape index (κ1) is 17.4. The van der Waals surface area contributed by atoms with Gasteiger partial charge in [-0.3, -0.25) is 4.79 Å². The van der Waals surface area contributed by atoms with Crippen molar-refractivity contribution in [2.75, 3.05) is 0 Å². The maximum atomic E-state index is 13.7. The van der Waals surface area contributed by atoms with Crippen LogP contribution in [0.5, 0.6) is 0 Å². The van der Waals surface area contributed by atoms with Gasteiger partial charge in [-0.15, -0.1) is 0 Å². The first-order valence-corrected chi connectivity index (χ1v) is 10.1. The lowest BCUT2D eigenvalue weighted by Crippen LogP contribution is -2.50. The molecule has 1 fully saturated rings. The van der Waals surface area contributed by atoms with Crippen molar-refractivity contribution < 1.29 is 4.79 Å². The van der Waals surface area contributed by atoms with Crippen molar-refractivity contribution in [1.29, 1.82) is 0 Å². The van der Waals surface area contributed by atoms with Gasteiger partial charge in [-0.2, -0.15) is 0 Å². The first-order chi connectivity index (χ1) is 13.6. The van der Waals surface area contributed by atoms with Gasteiger partial charge in [0.15, 0.2) is 0 Å². The minimum atomic E-state index is -0.115. The standard InChI is InChI=1S/C26H25NO/c1-16-9-3-6-12-19(16)24-22-15-18-11-5-8-14-21(18)23(26(22)28)25(27-24)20-13-7-4-10-17(20)2/h3-14,22-25,27H,15H2,1-2H3. The minimum absolute atomic E-state index is 0.00370. The smallest absolute Gasteiger partial charge is 0.147 e. The van der Waals surface area contributed by atoms with E-state index in [4.69, 9.17) is 0 Å². The summed E-state index contributed by atoms with van der Waals surface area (Å²) >= 11 is 0. The van der Waals surface area contributed by atoms with Gasteiger partial charge in [0, 0.05) is 18.0 Å². The zero-order chi connectivity index (χ0) is 19.3. The van der Waals surface area contributed by atoms with Crippen LogP contribution in [0.4, 0.5) is 0 Å². The number of carbonyl (C=O) groups excluding carboxylic acids is 1. The third-order valence-electron chi connectivity index (χ3n) is 6.64. The van der Waals surface area contributed by atoms with E-state index in [0.717, 1.165) is 6.42 Å². The Morgan fingerprint density at radius 3 is 1.89 bits per heavy atom. The van der Waals surface area contributed by atoms with Crippen LogP contribution in [-0.4, -0.2) is 5.78 Å². The fourth-order valence-electron chi connectivity index (χ4n) is 5.22.